The molecule has 0 aliphatic heterocycles. The maximum absolute atomic E-state index is 12.3. The minimum Gasteiger partial charge on any atom is -0.352 e. The number of Topliss-reactive ketones (excluding diaryl/α,β-unsaturated/α-hetero) is 1. The predicted octanol–water partition coefficient (Wildman–Crippen LogP) is 3.29. The fourth-order valence-corrected chi connectivity index (χ4v) is 3.57. The van der Waals surface area contributed by atoms with Gasteiger partial charge in [0.2, 0.25) is 0 Å². The summed E-state index contributed by atoms with van der Waals surface area (Å²) in [5, 5.41) is 21.1. The Hall–Kier alpha value is -3.15. The summed E-state index contributed by atoms with van der Waals surface area (Å²) < 4.78 is 1.81. The largest absolute Gasteiger partial charge is 0.352 e. The second kappa shape index (κ2) is 10.1. The highest BCUT2D eigenvalue weighted by atomic mass is 35.5. The van der Waals surface area contributed by atoms with Gasteiger partial charge in [-0.2, -0.15) is 5.26 Å². The summed E-state index contributed by atoms with van der Waals surface area (Å²) in [6.07, 6.45) is 0.507. The van der Waals surface area contributed by atoms with E-state index in [2.05, 4.69) is 15.5 Å². The maximum atomic E-state index is 12.3. The van der Waals surface area contributed by atoms with E-state index in [9.17, 15) is 9.59 Å². The smallest absolute Gasteiger partial charge is 0.251 e. The Labute approximate surface area is 183 Å². The Balaban J connectivity index is 1.50. The summed E-state index contributed by atoms with van der Waals surface area (Å²) in [6.45, 7) is 0.405. The van der Waals surface area contributed by atoms with Gasteiger partial charge in [0.1, 0.15) is 5.82 Å². The van der Waals surface area contributed by atoms with Crippen molar-refractivity contribution in [1.29, 1.82) is 5.26 Å². The number of rotatable bonds is 8. The topological polar surface area (TPSA) is 101 Å². The molecule has 1 amide bonds. The molecule has 3 rings (SSSR count). The molecule has 0 saturated heterocycles. The number of aromatic nitrogens is 3. The molecule has 0 radical (unpaired) electrons. The van der Waals surface area contributed by atoms with Crippen molar-refractivity contribution in [1.82, 2.24) is 20.1 Å². The molecule has 0 bridgehead atoms. The van der Waals surface area contributed by atoms with Crippen LogP contribution in [-0.2, 0) is 13.5 Å². The van der Waals surface area contributed by atoms with Crippen LogP contribution < -0.4 is 5.32 Å². The molecular weight excluding hydrogens is 422 g/mol. The van der Waals surface area contributed by atoms with E-state index in [-0.39, 0.29) is 17.4 Å². The lowest BCUT2D eigenvalue weighted by molar-refractivity contribution is 0.0953. The van der Waals surface area contributed by atoms with Crippen molar-refractivity contribution in [2.24, 2.45) is 7.05 Å². The van der Waals surface area contributed by atoms with Crippen LogP contribution in [0.4, 0.5) is 0 Å². The van der Waals surface area contributed by atoms with Gasteiger partial charge in [-0.15, -0.1) is 10.2 Å². The summed E-state index contributed by atoms with van der Waals surface area (Å²) in [5.41, 5.74) is 1.60. The van der Waals surface area contributed by atoms with Crippen LogP contribution in [0.2, 0.25) is 5.02 Å². The number of nitrogens with zero attached hydrogens (tertiary/aromatic N) is 4. The molecule has 0 fully saturated rings. The fraction of sp³-hybridized carbons (Fsp3) is 0.190. The Morgan fingerprint density at radius 3 is 2.43 bits per heavy atom. The van der Waals surface area contributed by atoms with Gasteiger partial charge in [-0.25, -0.2) is 0 Å². The van der Waals surface area contributed by atoms with E-state index < -0.39 is 0 Å². The first kappa shape index (κ1) is 21.6. The molecule has 1 N–H and O–H groups in total. The molecule has 0 aliphatic carbocycles. The lowest BCUT2D eigenvalue weighted by Gasteiger charge is -2.06. The lowest BCUT2D eigenvalue weighted by Crippen LogP contribution is -2.26. The average Bonchev–Trinajstić information content (AvgIpc) is 3.12. The average molecular weight is 440 g/mol. The minimum absolute atomic E-state index is 0.0516. The highest BCUT2D eigenvalue weighted by Crippen LogP contribution is 2.18. The number of benzene rings is 2. The number of carbonyl (C=O) groups is 2. The second-order valence-corrected chi connectivity index (χ2v) is 7.75. The predicted molar refractivity (Wildman–Crippen MR) is 115 cm³/mol. The van der Waals surface area contributed by atoms with E-state index in [1.165, 1.54) is 11.8 Å². The van der Waals surface area contributed by atoms with Crippen LogP contribution in [0, 0.1) is 11.3 Å². The minimum atomic E-state index is -0.184. The van der Waals surface area contributed by atoms with Crippen molar-refractivity contribution in [2.75, 3.05) is 12.3 Å². The van der Waals surface area contributed by atoms with Gasteiger partial charge in [-0.05, 0) is 36.4 Å². The van der Waals surface area contributed by atoms with E-state index in [0.29, 0.717) is 45.7 Å². The summed E-state index contributed by atoms with van der Waals surface area (Å²) in [7, 11) is 1.82. The zero-order valence-corrected chi connectivity index (χ0v) is 17.7. The number of ketones is 1. The van der Waals surface area contributed by atoms with Gasteiger partial charge in [0.15, 0.2) is 10.9 Å². The van der Waals surface area contributed by atoms with Gasteiger partial charge in [0.25, 0.3) is 5.91 Å². The number of thioether (sulfide) groups is 1. The van der Waals surface area contributed by atoms with Crippen LogP contribution in [0.5, 0.6) is 0 Å². The summed E-state index contributed by atoms with van der Waals surface area (Å²) >= 11 is 7.12. The van der Waals surface area contributed by atoms with Crippen LogP contribution in [0.3, 0.4) is 0 Å². The van der Waals surface area contributed by atoms with Crippen molar-refractivity contribution >= 4 is 35.1 Å². The molecule has 0 atom stereocenters. The lowest BCUT2D eigenvalue weighted by atomic mass is 10.1. The summed E-state index contributed by atoms with van der Waals surface area (Å²) in [5.74, 6) is 0.686. The highest BCUT2D eigenvalue weighted by Gasteiger charge is 2.13. The van der Waals surface area contributed by atoms with Gasteiger partial charge in [-0.3, -0.25) is 9.59 Å². The monoisotopic (exact) mass is 439 g/mol. The SMILES string of the molecule is Cn1c(CCNC(=O)c2ccc(Cl)cc2)nnc1SCC(=O)c1ccc(C#N)cc1. The number of halogens is 1. The molecule has 9 heteroatoms. The van der Waals surface area contributed by atoms with Crippen LogP contribution in [0.15, 0.2) is 53.7 Å². The van der Waals surface area contributed by atoms with Crippen molar-refractivity contribution in [3.05, 3.63) is 76.1 Å². The van der Waals surface area contributed by atoms with Crippen LogP contribution in [-0.4, -0.2) is 38.8 Å². The van der Waals surface area contributed by atoms with E-state index in [1.54, 1.807) is 48.5 Å². The van der Waals surface area contributed by atoms with E-state index in [4.69, 9.17) is 16.9 Å². The Kier molecular flexibility index (Phi) is 7.22. The van der Waals surface area contributed by atoms with Gasteiger partial charge < -0.3 is 9.88 Å². The number of nitrogens with one attached hydrogen (secondary N) is 1. The molecule has 2 aromatic carbocycles. The van der Waals surface area contributed by atoms with E-state index in [0.717, 1.165) is 0 Å². The maximum Gasteiger partial charge on any atom is 0.251 e. The molecule has 0 spiro atoms. The molecule has 0 aliphatic rings. The van der Waals surface area contributed by atoms with Crippen molar-refractivity contribution in [3.63, 3.8) is 0 Å². The molecule has 0 unspecified atom stereocenters. The molecule has 1 heterocycles. The summed E-state index contributed by atoms with van der Waals surface area (Å²) in [6, 6.07) is 15.2. The normalized spacial score (nSPS) is 10.4. The van der Waals surface area contributed by atoms with E-state index >= 15 is 0 Å². The fourth-order valence-electron chi connectivity index (χ4n) is 2.62. The summed E-state index contributed by atoms with van der Waals surface area (Å²) in [4.78, 5) is 24.5. The first-order valence-corrected chi connectivity index (χ1v) is 10.4. The van der Waals surface area contributed by atoms with Crippen LogP contribution in [0.25, 0.3) is 0 Å². The van der Waals surface area contributed by atoms with Gasteiger partial charge in [0, 0.05) is 36.2 Å². The van der Waals surface area contributed by atoms with Crippen LogP contribution in [0.1, 0.15) is 32.1 Å². The number of carbonyl (C=O) groups excluding carboxylic acids is 2. The third-order valence-electron chi connectivity index (χ3n) is 4.33. The molecule has 152 valence electrons. The first-order valence-electron chi connectivity index (χ1n) is 9.06. The van der Waals surface area contributed by atoms with Gasteiger partial charge in [-0.1, -0.05) is 35.5 Å². The molecule has 1 aromatic heterocycles. The Morgan fingerprint density at radius 2 is 1.77 bits per heavy atom. The van der Waals surface area contributed by atoms with Crippen LogP contribution >= 0.6 is 23.4 Å². The zero-order chi connectivity index (χ0) is 21.5. The van der Waals surface area contributed by atoms with Crippen molar-refractivity contribution in [3.8, 4) is 6.07 Å². The number of amides is 1. The quantitative estimate of drug-likeness (QED) is 0.427. The number of hydrogen-bond acceptors (Lipinski definition) is 6. The number of hydrogen-bond donors (Lipinski definition) is 1. The van der Waals surface area contributed by atoms with Crippen molar-refractivity contribution < 1.29 is 9.59 Å². The zero-order valence-electron chi connectivity index (χ0n) is 16.1. The standard InChI is InChI=1S/C21H18ClN5O2S/c1-27-19(10-11-24-20(29)16-6-8-17(22)9-7-16)25-26-21(27)30-13-18(28)15-4-2-14(12-23)3-5-15/h2-9H,10-11,13H2,1H3,(H,24,29). The second-order valence-electron chi connectivity index (χ2n) is 6.37. The molecule has 30 heavy (non-hydrogen) atoms. The molecule has 7 nitrogen and oxygen atoms in total. The van der Waals surface area contributed by atoms with Gasteiger partial charge in [0.05, 0.1) is 17.4 Å². The molecule has 0 saturated carbocycles. The van der Waals surface area contributed by atoms with E-state index in [1.807, 2.05) is 17.7 Å². The van der Waals surface area contributed by atoms with Crippen molar-refractivity contribution in [2.45, 2.75) is 11.6 Å². The Bertz CT molecular complexity index is 1090. The number of nitriles is 1. The van der Waals surface area contributed by atoms with Gasteiger partial charge >= 0.3 is 0 Å². The highest BCUT2D eigenvalue weighted by molar-refractivity contribution is 7.99. The first-order chi connectivity index (χ1) is 14.5. The Morgan fingerprint density at radius 1 is 1.10 bits per heavy atom. The molecular formula is C21H18ClN5O2S. The third kappa shape index (κ3) is 5.47. The molecule has 3 aromatic rings. The third-order valence-corrected chi connectivity index (χ3v) is 5.61.